The molecule has 1 heterocycles. The van der Waals surface area contributed by atoms with Crippen LogP contribution in [0.4, 0.5) is 4.39 Å². The number of rotatable bonds is 4. The number of ether oxygens (including phenoxy) is 1. The number of aliphatic hydroxyl groups excluding tert-OH is 1. The quantitative estimate of drug-likeness (QED) is 0.872. The van der Waals surface area contributed by atoms with Gasteiger partial charge in [0.15, 0.2) is 0 Å². The van der Waals surface area contributed by atoms with Crippen LogP contribution in [0, 0.1) is 17.7 Å². The van der Waals surface area contributed by atoms with Crippen molar-refractivity contribution >= 4 is 11.6 Å². The molecule has 138 valence electrons. The summed E-state index contributed by atoms with van der Waals surface area (Å²) in [5, 5.41) is 11.3. The first-order valence-electron chi connectivity index (χ1n) is 9.14. The summed E-state index contributed by atoms with van der Waals surface area (Å²) >= 11 is 6.09. The fourth-order valence-electron chi connectivity index (χ4n) is 4.32. The van der Waals surface area contributed by atoms with E-state index in [0.717, 1.165) is 37.5 Å². The van der Waals surface area contributed by atoms with Crippen molar-refractivity contribution in [3.63, 3.8) is 0 Å². The zero-order valence-electron chi connectivity index (χ0n) is 14.5. The molecule has 2 aliphatic rings. The summed E-state index contributed by atoms with van der Waals surface area (Å²) in [6.45, 7) is 2.89. The van der Waals surface area contributed by atoms with Crippen LogP contribution in [0.5, 0.6) is 5.75 Å². The molecule has 5 heteroatoms. The smallest absolute Gasteiger partial charge is 0.125 e. The lowest BCUT2D eigenvalue weighted by Crippen LogP contribution is -2.42. The van der Waals surface area contributed by atoms with Gasteiger partial charge in [-0.25, -0.2) is 4.39 Å². The molecule has 0 bridgehead atoms. The molecule has 2 aromatic carbocycles. The Morgan fingerprint density at radius 2 is 1.81 bits per heavy atom. The van der Waals surface area contributed by atoms with E-state index in [1.165, 1.54) is 17.7 Å². The number of benzene rings is 2. The summed E-state index contributed by atoms with van der Waals surface area (Å²) in [6.07, 6.45) is 0.873. The van der Waals surface area contributed by atoms with E-state index in [1.807, 2.05) is 18.2 Å². The van der Waals surface area contributed by atoms with E-state index in [1.54, 1.807) is 12.1 Å². The predicted molar refractivity (Wildman–Crippen MR) is 99.8 cm³/mol. The molecular weight excluding hydrogens is 353 g/mol. The average Bonchev–Trinajstić information content (AvgIpc) is 2.98. The van der Waals surface area contributed by atoms with Crippen molar-refractivity contribution in [2.24, 2.45) is 11.8 Å². The van der Waals surface area contributed by atoms with Gasteiger partial charge in [0.25, 0.3) is 0 Å². The topological polar surface area (TPSA) is 32.7 Å². The molecule has 3 nitrogen and oxygen atoms in total. The van der Waals surface area contributed by atoms with Crippen LogP contribution in [0.15, 0.2) is 48.5 Å². The first-order valence-corrected chi connectivity index (χ1v) is 9.52. The Morgan fingerprint density at radius 3 is 2.54 bits per heavy atom. The summed E-state index contributed by atoms with van der Waals surface area (Å²) in [7, 11) is 0. The van der Waals surface area contributed by atoms with Crippen molar-refractivity contribution in [1.29, 1.82) is 0 Å². The monoisotopic (exact) mass is 375 g/mol. The average molecular weight is 376 g/mol. The Morgan fingerprint density at radius 1 is 1.08 bits per heavy atom. The van der Waals surface area contributed by atoms with Gasteiger partial charge in [-0.05, 0) is 66.6 Å². The minimum absolute atomic E-state index is 0.229. The molecule has 0 unspecified atom stereocenters. The van der Waals surface area contributed by atoms with E-state index in [2.05, 4.69) is 11.0 Å². The van der Waals surface area contributed by atoms with Gasteiger partial charge in [0.05, 0.1) is 6.10 Å². The number of fused-ring (bicyclic) bond motifs is 1. The Bertz CT molecular complexity index is 754. The molecule has 1 aliphatic carbocycles. The van der Waals surface area contributed by atoms with Crippen LogP contribution >= 0.6 is 11.6 Å². The van der Waals surface area contributed by atoms with Gasteiger partial charge in [-0.2, -0.15) is 0 Å². The fraction of sp³-hybridized carbons (Fsp3) is 0.429. The maximum atomic E-state index is 13.0. The van der Waals surface area contributed by atoms with Gasteiger partial charge in [0, 0.05) is 24.7 Å². The molecule has 1 N–H and O–H groups in total. The molecule has 0 amide bonds. The lowest BCUT2D eigenvalue weighted by Gasteiger charge is -2.35. The van der Waals surface area contributed by atoms with Crippen molar-refractivity contribution in [3.8, 4) is 5.75 Å². The van der Waals surface area contributed by atoms with E-state index in [-0.39, 0.29) is 11.9 Å². The minimum atomic E-state index is -0.479. The van der Waals surface area contributed by atoms with E-state index >= 15 is 0 Å². The number of halogens is 2. The Labute approximate surface area is 158 Å². The van der Waals surface area contributed by atoms with Crippen LogP contribution in [-0.2, 0) is 6.54 Å². The van der Waals surface area contributed by atoms with Gasteiger partial charge in [-0.15, -0.1) is 0 Å². The van der Waals surface area contributed by atoms with Crippen molar-refractivity contribution in [1.82, 2.24) is 4.90 Å². The van der Waals surface area contributed by atoms with Crippen molar-refractivity contribution in [2.45, 2.75) is 31.6 Å². The third kappa shape index (κ3) is 4.03. The first-order chi connectivity index (χ1) is 12.6. The number of likely N-dealkylation sites (tertiary alicyclic amines) is 1. The van der Waals surface area contributed by atoms with Crippen LogP contribution < -0.4 is 4.74 Å². The molecule has 1 aliphatic heterocycles. The molecule has 0 aromatic heterocycles. The Kier molecular flexibility index (Phi) is 5.16. The molecule has 1 saturated carbocycles. The van der Waals surface area contributed by atoms with Crippen molar-refractivity contribution in [3.05, 3.63) is 64.9 Å². The summed E-state index contributed by atoms with van der Waals surface area (Å²) in [4.78, 5) is 2.44. The number of hydrogen-bond acceptors (Lipinski definition) is 3. The highest BCUT2D eigenvalue weighted by Crippen LogP contribution is 2.38. The maximum Gasteiger partial charge on any atom is 0.125 e. The zero-order chi connectivity index (χ0) is 18.1. The van der Waals surface area contributed by atoms with E-state index in [0.29, 0.717) is 17.6 Å². The molecule has 0 spiro atoms. The standard InChI is InChI=1S/C21H23ClFNO2/c22-17-3-1-2-14(8-17)11-24-12-15-9-20(25)21(10-16(15)13-24)26-19-6-4-18(23)5-7-19/h1-8,15-16,20-21,25H,9-13H2/t15-,16+,20+,21+/m0/s1. The largest absolute Gasteiger partial charge is 0.488 e. The van der Waals surface area contributed by atoms with Gasteiger partial charge in [0.1, 0.15) is 17.7 Å². The lowest BCUT2D eigenvalue weighted by atomic mass is 9.78. The zero-order valence-corrected chi connectivity index (χ0v) is 15.3. The van der Waals surface area contributed by atoms with E-state index < -0.39 is 6.10 Å². The summed E-state index contributed by atoms with van der Waals surface area (Å²) in [6, 6.07) is 14.0. The highest BCUT2D eigenvalue weighted by Gasteiger charge is 2.42. The van der Waals surface area contributed by atoms with Gasteiger partial charge >= 0.3 is 0 Å². The third-order valence-electron chi connectivity index (χ3n) is 5.56. The van der Waals surface area contributed by atoms with Crippen LogP contribution in [0.25, 0.3) is 0 Å². The number of hydrogen-bond donors (Lipinski definition) is 1. The Balaban J connectivity index is 1.37. The summed E-state index contributed by atoms with van der Waals surface area (Å²) in [5.41, 5.74) is 1.22. The second-order valence-corrected chi connectivity index (χ2v) is 7.93. The van der Waals surface area contributed by atoms with Crippen molar-refractivity contribution in [2.75, 3.05) is 13.1 Å². The maximum absolute atomic E-state index is 13.0. The Hall–Kier alpha value is -1.62. The molecule has 0 radical (unpaired) electrons. The van der Waals surface area contributed by atoms with Crippen LogP contribution in [-0.4, -0.2) is 35.3 Å². The second-order valence-electron chi connectivity index (χ2n) is 7.49. The lowest BCUT2D eigenvalue weighted by molar-refractivity contribution is -0.0231. The van der Waals surface area contributed by atoms with Gasteiger partial charge in [0.2, 0.25) is 0 Å². The van der Waals surface area contributed by atoms with Crippen molar-refractivity contribution < 1.29 is 14.2 Å². The third-order valence-corrected chi connectivity index (χ3v) is 5.79. The molecular formula is C21H23ClFNO2. The number of aliphatic hydroxyl groups is 1. The minimum Gasteiger partial charge on any atom is -0.488 e. The second kappa shape index (κ2) is 7.55. The summed E-state index contributed by atoms with van der Waals surface area (Å²) in [5.74, 6) is 1.34. The molecule has 4 atom stereocenters. The van der Waals surface area contributed by atoms with Crippen LogP contribution in [0.2, 0.25) is 5.02 Å². The van der Waals surface area contributed by atoms with E-state index in [9.17, 15) is 9.50 Å². The van der Waals surface area contributed by atoms with Crippen LogP contribution in [0.3, 0.4) is 0 Å². The normalized spacial score (nSPS) is 28.7. The predicted octanol–water partition coefficient (Wildman–Crippen LogP) is 4.13. The molecule has 26 heavy (non-hydrogen) atoms. The molecule has 1 saturated heterocycles. The van der Waals surface area contributed by atoms with Gasteiger partial charge in [-0.3, -0.25) is 4.90 Å². The van der Waals surface area contributed by atoms with Gasteiger partial charge in [-0.1, -0.05) is 23.7 Å². The highest BCUT2D eigenvalue weighted by atomic mass is 35.5. The molecule has 2 fully saturated rings. The number of nitrogens with zero attached hydrogens (tertiary/aromatic N) is 1. The van der Waals surface area contributed by atoms with E-state index in [4.69, 9.17) is 16.3 Å². The summed E-state index contributed by atoms with van der Waals surface area (Å²) < 4.78 is 19.0. The molecule has 2 aromatic rings. The molecule has 4 rings (SSSR count). The van der Waals surface area contributed by atoms with Crippen LogP contribution in [0.1, 0.15) is 18.4 Å². The fourth-order valence-corrected chi connectivity index (χ4v) is 4.54. The first kappa shape index (κ1) is 17.8. The highest BCUT2D eigenvalue weighted by molar-refractivity contribution is 6.30. The van der Waals surface area contributed by atoms with Gasteiger partial charge < -0.3 is 9.84 Å². The SMILES string of the molecule is O[C@@H]1C[C@H]2CN(Cc3cccc(Cl)c3)C[C@H]2C[C@H]1Oc1ccc(F)cc1.